The van der Waals surface area contributed by atoms with Crippen molar-refractivity contribution in [1.82, 2.24) is 29.5 Å². The second-order valence-electron chi connectivity index (χ2n) is 7.50. The molecule has 0 aliphatic heterocycles. The number of hydrogen-bond donors (Lipinski definition) is 1. The van der Waals surface area contributed by atoms with Crippen molar-refractivity contribution in [2.45, 2.75) is 38.2 Å². The third kappa shape index (κ3) is 2.83. The Morgan fingerprint density at radius 2 is 2.03 bits per heavy atom. The van der Waals surface area contributed by atoms with Gasteiger partial charge in [-0.1, -0.05) is 13.3 Å². The number of pyridine rings is 1. The van der Waals surface area contributed by atoms with Crippen molar-refractivity contribution >= 4 is 16.8 Å². The minimum absolute atomic E-state index is 0.0529. The topological polar surface area (TPSA) is 129 Å². The molecule has 9 heteroatoms. The first kappa shape index (κ1) is 18.1. The molecule has 9 nitrogen and oxygen atoms in total. The Morgan fingerprint density at radius 3 is 2.83 bits per heavy atom. The largest absolute Gasteiger partial charge is 0.474 e. The molecule has 5 rings (SSSR count). The molecular formula is C21H18N8O. The first-order chi connectivity index (χ1) is 14.7. The van der Waals surface area contributed by atoms with E-state index in [0.29, 0.717) is 11.8 Å². The Hall–Kier alpha value is -3.98. The molecule has 1 saturated carbocycles. The maximum atomic E-state index is 9.24. The second kappa shape index (κ2) is 7.12. The van der Waals surface area contributed by atoms with Crippen molar-refractivity contribution in [3.05, 3.63) is 47.7 Å². The van der Waals surface area contributed by atoms with E-state index in [1.54, 1.807) is 6.20 Å². The number of nitrogens with one attached hydrogen (secondary N) is 1. The fourth-order valence-electron chi connectivity index (χ4n) is 4.43. The number of rotatable bonds is 4. The molecule has 0 radical (unpaired) electrons. The van der Waals surface area contributed by atoms with Crippen LogP contribution < -0.4 is 4.74 Å². The van der Waals surface area contributed by atoms with Gasteiger partial charge >= 0.3 is 0 Å². The Morgan fingerprint density at radius 1 is 1.17 bits per heavy atom. The predicted molar refractivity (Wildman–Crippen MR) is 106 cm³/mol. The van der Waals surface area contributed by atoms with E-state index in [1.165, 1.54) is 12.3 Å². The van der Waals surface area contributed by atoms with Crippen LogP contribution in [0.1, 0.15) is 49.1 Å². The molecule has 0 aromatic carbocycles. The van der Waals surface area contributed by atoms with Gasteiger partial charge in [0.2, 0.25) is 5.88 Å². The molecule has 3 atom stereocenters. The molecule has 0 amide bonds. The normalized spacial score (nSPS) is 21.0. The lowest BCUT2D eigenvalue weighted by Crippen LogP contribution is -2.13. The molecule has 1 N–H and O–H groups in total. The van der Waals surface area contributed by atoms with Gasteiger partial charge in [-0.3, -0.25) is 4.40 Å². The van der Waals surface area contributed by atoms with Gasteiger partial charge in [-0.05, 0) is 24.8 Å². The van der Waals surface area contributed by atoms with E-state index in [-0.39, 0.29) is 23.1 Å². The maximum Gasteiger partial charge on any atom is 0.214 e. The van der Waals surface area contributed by atoms with Gasteiger partial charge in [0, 0.05) is 18.2 Å². The lowest BCUT2D eigenvalue weighted by Gasteiger charge is -2.15. The van der Waals surface area contributed by atoms with Gasteiger partial charge < -0.3 is 9.72 Å². The third-order valence-electron chi connectivity index (χ3n) is 5.88. The first-order valence-electron chi connectivity index (χ1n) is 9.85. The second-order valence-corrected chi connectivity index (χ2v) is 7.50. The number of aromatic nitrogens is 6. The summed E-state index contributed by atoms with van der Waals surface area (Å²) in [7, 11) is 0. The lowest BCUT2D eigenvalue weighted by molar-refractivity contribution is 0.194. The smallest absolute Gasteiger partial charge is 0.214 e. The van der Waals surface area contributed by atoms with Crippen molar-refractivity contribution in [2.75, 3.05) is 0 Å². The summed E-state index contributed by atoms with van der Waals surface area (Å²) in [5.41, 5.74) is 3.01. The highest BCUT2D eigenvalue weighted by atomic mass is 16.5. The quantitative estimate of drug-likeness (QED) is 0.559. The van der Waals surface area contributed by atoms with E-state index in [4.69, 9.17) is 10.00 Å². The van der Waals surface area contributed by atoms with E-state index in [0.717, 1.165) is 41.9 Å². The number of nitriles is 2. The van der Waals surface area contributed by atoms with Gasteiger partial charge in [-0.15, -0.1) is 10.2 Å². The van der Waals surface area contributed by atoms with E-state index in [9.17, 15) is 5.26 Å². The van der Waals surface area contributed by atoms with Crippen LogP contribution in [0.25, 0.3) is 16.8 Å². The Balaban J connectivity index is 1.46. The van der Waals surface area contributed by atoms with Gasteiger partial charge in [0.1, 0.15) is 24.1 Å². The zero-order chi connectivity index (χ0) is 20.7. The van der Waals surface area contributed by atoms with Crippen LogP contribution in [0.15, 0.2) is 30.7 Å². The van der Waals surface area contributed by atoms with Crippen molar-refractivity contribution < 1.29 is 4.74 Å². The SMILES string of the molecule is CCC1CC(Oc2cc(C#N)c(C#N)cn2)CC1c1nnc2cnc3[nH]ccc3n12. The highest BCUT2D eigenvalue weighted by molar-refractivity contribution is 5.74. The number of H-pyrrole nitrogens is 1. The summed E-state index contributed by atoms with van der Waals surface area (Å²) in [6, 6.07) is 7.52. The van der Waals surface area contributed by atoms with Crippen LogP contribution in [0.2, 0.25) is 0 Å². The molecule has 1 aliphatic rings. The summed E-state index contributed by atoms with van der Waals surface area (Å²) < 4.78 is 8.19. The molecule has 0 spiro atoms. The van der Waals surface area contributed by atoms with Crippen LogP contribution in [0, 0.1) is 28.6 Å². The molecule has 3 unspecified atom stereocenters. The molecule has 0 bridgehead atoms. The molecule has 1 fully saturated rings. The number of fused-ring (bicyclic) bond motifs is 3. The zero-order valence-electron chi connectivity index (χ0n) is 16.3. The molecule has 148 valence electrons. The minimum atomic E-state index is -0.0529. The third-order valence-corrected chi connectivity index (χ3v) is 5.88. The summed E-state index contributed by atoms with van der Waals surface area (Å²) >= 11 is 0. The molecule has 4 aromatic heterocycles. The fraction of sp³-hybridized carbons (Fsp3) is 0.333. The van der Waals surface area contributed by atoms with Crippen LogP contribution in [-0.4, -0.2) is 35.7 Å². The van der Waals surface area contributed by atoms with Crippen molar-refractivity contribution in [3.63, 3.8) is 0 Å². The highest BCUT2D eigenvalue weighted by Gasteiger charge is 2.38. The summed E-state index contributed by atoms with van der Waals surface area (Å²) in [6.07, 6.45) is 7.55. The predicted octanol–water partition coefficient (Wildman–Crippen LogP) is 3.10. The van der Waals surface area contributed by atoms with Crippen LogP contribution in [0.3, 0.4) is 0 Å². The van der Waals surface area contributed by atoms with E-state index in [1.807, 2.05) is 24.4 Å². The number of ether oxygens (including phenoxy) is 1. The minimum Gasteiger partial charge on any atom is -0.474 e. The molecular weight excluding hydrogens is 380 g/mol. The molecule has 30 heavy (non-hydrogen) atoms. The van der Waals surface area contributed by atoms with E-state index < -0.39 is 0 Å². The molecule has 4 heterocycles. The summed E-state index contributed by atoms with van der Waals surface area (Å²) in [5, 5.41) is 27.2. The fourth-order valence-corrected chi connectivity index (χ4v) is 4.43. The van der Waals surface area contributed by atoms with Crippen molar-refractivity contribution in [1.29, 1.82) is 10.5 Å². The average Bonchev–Trinajstić information content (AvgIpc) is 3.50. The van der Waals surface area contributed by atoms with Crippen LogP contribution in [-0.2, 0) is 0 Å². The van der Waals surface area contributed by atoms with Crippen LogP contribution in [0.5, 0.6) is 5.88 Å². The number of aromatic amines is 1. The van der Waals surface area contributed by atoms with Gasteiger partial charge in [0.15, 0.2) is 11.3 Å². The standard InChI is InChI=1S/C21H18N8O/c1-2-12-5-15(30-19-6-13(8-22)14(9-23)10-25-19)7-16(12)21-28-27-18-11-26-20-17(29(18)21)3-4-24-20/h3-4,6,10-12,15-16,24H,2,5,7H2,1H3. The lowest BCUT2D eigenvalue weighted by atomic mass is 9.93. The zero-order valence-corrected chi connectivity index (χ0v) is 16.3. The Kier molecular flexibility index (Phi) is 4.29. The van der Waals surface area contributed by atoms with Gasteiger partial charge in [0.05, 0.1) is 29.0 Å². The van der Waals surface area contributed by atoms with Crippen molar-refractivity contribution in [3.8, 4) is 18.0 Å². The number of hydrogen-bond acceptors (Lipinski definition) is 7. The monoisotopic (exact) mass is 398 g/mol. The summed E-state index contributed by atoms with van der Waals surface area (Å²) in [5.74, 6) is 1.86. The van der Waals surface area contributed by atoms with Crippen LogP contribution >= 0.6 is 0 Å². The summed E-state index contributed by atoms with van der Waals surface area (Å²) in [6.45, 7) is 2.17. The van der Waals surface area contributed by atoms with Crippen LogP contribution in [0.4, 0.5) is 0 Å². The molecule has 4 aromatic rings. The van der Waals surface area contributed by atoms with E-state index >= 15 is 0 Å². The van der Waals surface area contributed by atoms with Gasteiger partial charge in [0.25, 0.3) is 0 Å². The highest BCUT2D eigenvalue weighted by Crippen LogP contribution is 2.42. The molecule has 0 saturated heterocycles. The average molecular weight is 398 g/mol. The Bertz CT molecular complexity index is 1320. The number of nitrogens with zero attached hydrogens (tertiary/aromatic N) is 7. The van der Waals surface area contributed by atoms with Gasteiger partial charge in [-0.2, -0.15) is 10.5 Å². The van der Waals surface area contributed by atoms with Crippen molar-refractivity contribution in [2.24, 2.45) is 5.92 Å². The Labute approximate surface area is 172 Å². The maximum absolute atomic E-state index is 9.24. The first-order valence-corrected chi connectivity index (χ1v) is 9.85. The molecule has 1 aliphatic carbocycles. The van der Waals surface area contributed by atoms with Gasteiger partial charge in [-0.25, -0.2) is 9.97 Å². The van der Waals surface area contributed by atoms with E-state index in [2.05, 4.69) is 36.5 Å². The summed E-state index contributed by atoms with van der Waals surface area (Å²) in [4.78, 5) is 11.7.